The molecule has 0 fully saturated rings. The molecule has 0 bridgehead atoms. The maximum absolute atomic E-state index is 10.8. The van der Waals surface area contributed by atoms with Gasteiger partial charge in [-0.3, -0.25) is 9.59 Å². The van der Waals surface area contributed by atoms with Gasteiger partial charge in [0.1, 0.15) is 12.6 Å². The lowest BCUT2D eigenvalue weighted by Gasteiger charge is -2.07. The number of carbonyl (C=O) groups is 2. The zero-order valence-electron chi connectivity index (χ0n) is 16.4. The number of aldehydes is 2. The molecule has 0 aromatic heterocycles. The number of hydrogen-bond donors (Lipinski definition) is 0. The van der Waals surface area contributed by atoms with E-state index >= 15 is 0 Å². The van der Waals surface area contributed by atoms with Gasteiger partial charge in [-0.15, -0.1) is 0 Å². The molecule has 0 aliphatic rings. The zero-order chi connectivity index (χ0) is 20.8. The number of carbonyl (C=O) groups excluding carboxylic acids is 2. The van der Waals surface area contributed by atoms with E-state index in [2.05, 4.69) is 48.6 Å². The van der Waals surface area contributed by atoms with Gasteiger partial charge in [0, 0.05) is 11.1 Å². The Morgan fingerprint density at radius 3 is 1.13 bits per heavy atom. The van der Waals surface area contributed by atoms with E-state index in [4.69, 9.17) is 0 Å². The van der Waals surface area contributed by atoms with Gasteiger partial charge in [0.2, 0.25) is 0 Å². The molecule has 0 amide bonds. The second-order valence-corrected chi connectivity index (χ2v) is 7.03. The van der Waals surface area contributed by atoms with Crippen molar-refractivity contribution in [1.82, 2.24) is 0 Å². The van der Waals surface area contributed by atoms with E-state index in [9.17, 15) is 9.59 Å². The van der Waals surface area contributed by atoms with Crippen LogP contribution in [0.15, 0.2) is 84.9 Å². The van der Waals surface area contributed by atoms with Gasteiger partial charge >= 0.3 is 0 Å². The number of hydrogen-bond acceptors (Lipinski definition) is 2. The van der Waals surface area contributed by atoms with Crippen LogP contribution in [0.1, 0.15) is 43.0 Å². The quantitative estimate of drug-likeness (QED) is 0.269. The Labute approximate surface area is 175 Å². The maximum Gasteiger partial charge on any atom is 0.150 e. The summed E-state index contributed by atoms with van der Waals surface area (Å²) in [6, 6.07) is 27.6. The summed E-state index contributed by atoms with van der Waals surface area (Å²) in [5.74, 6) is 0. The molecular weight excluding hydrogens is 368 g/mol. The van der Waals surface area contributed by atoms with Crippen LogP contribution in [0.2, 0.25) is 0 Å². The lowest BCUT2D eigenvalue weighted by molar-refractivity contribution is 0.111. The van der Waals surface area contributed by atoms with Crippen molar-refractivity contribution in [1.29, 1.82) is 0 Å². The Hall–Kier alpha value is -4.04. The monoisotopic (exact) mass is 388 g/mol. The van der Waals surface area contributed by atoms with Crippen molar-refractivity contribution in [2.24, 2.45) is 0 Å². The predicted octanol–water partition coefficient (Wildman–Crippen LogP) is 6.81. The van der Waals surface area contributed by atoms with Gasteiger partial charge in [0.15, 0.2) is 0 Å². The molecule has 0 spiro atoms. The topological polar surface area (TPSA) is 34.1 Å². The summed E-state index contributed by atoms with van der Waals surface area (Å²) in [5.41, 5.74) is 5.72. The highest BCUT2D eigenvalue weighted by atomic mass is 16.1. The molecule has 2 heteroatoms. The minimum atomic E-state index is 0.675. The van der Waals surface area contributed by atoms with Gasteiger partial charge in [0.05, 0.1) is 0 Å². The minimum Gasteiger partial charge on any atom is -0.298 e. The highest BCUT2D eigenvalue weighted by Gasteiger charge is 2.02. The summed E-state index contributed by atoms with van der Waals surface area (Å²) in [6.45, 7) is 0. The van der Waals surface area contributed by atoms with Crippen molar-refractivity contribution in [3.8, 4) is 0 Å². The first kappa shape index (κ1) is 19.3. The van der Waals surface area contributed by atoms with E-state index in [0.717, 1.165) is 34.8 Å². The third kappa shape index (κ3) is 4.34. The second-order valence-electron chi connectivity index (χ2n) is 7.03. The Bertz CT molecular complexity index is 1140. The molecule has 0 heterocycles. The molecule has 144 valence electrons. The maximum atomic E-state index is 10.8. The van der Waals surface area contributed by atoms with Gasteiger partial charge in [-0.25, -0.2) is 0 Å². The largest absolute Gasteiger partial charge is 0.298 e. The van der Waals surface area contributed by atoms with E-state index in [0.29, 0.717) is 11.1 Å². The van der Waals surface area contributed by atoms with Crippen molar-refractivity contribution >= 4 is 47.6 Å². The van der Waals surface area contributed by atoms with E-state index in [1.165, 1.54) is 10.8 Å². The van der Waals surface area contributed by atoms with Crippen molar-refractivity contribution in [2.75, 3.05) is 0 Å². The van der Waals surface area contributed by atoms with Gasteiger partial charge in [-0.2, -0.15) is 0 Å². The van der Waals surface area contributed by atoms with Crippen LogP contribution in [0.4, 0.5) is 0 Å². The lowest BCUT2D eigenvalue weighted by atomic mass is 9.98. The van der Waals surface area contributed by atoms with Crippen molar-refractivity contribution in [3.63, 3.8) is 0 Å². The molecule has 0 atom stereocenters. The molecule has 0 unspecified atom stereocenters. The first-order valence-electron chi connectivity index (χ1n) is 9.75. The standard InChI is InChI=1S/C28H20O2/c29-19-23-9-5-21(6-10-23)13-15-25-17-18-26(28-4-2-1-3-27(25)28)16-14-22-7-11-24(20-30)12-8-22/h1-20H/b15-13-,16-14-. The van der Waals surface area contributed by atoms with Crippen molar-refractivity contribution in [3.05, 3.63) is 118 Å². The van der Waals surface area contributed by atoms with Crippen LogP contribution in [-0.2, 0) is 0 Å². The molecule has 4 rings (SSSR count). The molecule has 4 aromatic carbocycles. The van der Waals surface area contributed by atoms with Gasteiger partial charge in [-0.1, -0.05) is 109 Å². The highest BCUT2D eigenvalue weighted by Crippen LogP contribution is 2.26. The number of benzene rings is 4. The average molecular weight is 388 g/mol. The number of rotatable bonds is 6. The Kier molecular flexibility index (Phi) is 5.77. The Balaban J connectivity index is 1.65. The van der Waals surface area contributed by atoms with Gasteiger partial charge in [0.25, 0.3) is 0 Å². The van der Waals surface area contributed by atoms with E-state index < -0.39 is 0 Å². The van der Waals surface area contributed by atoms with Crippen LogP contribution in [0.25, 0.3) is 35.1 Å². The number of fused-ring (bicyclic) bond motifs is 1. The first-order valence-corrected chi connectivity index (χ1v) is 9.75. The summed E-state index contributed by atoms with van der Waals surface area (Å²) in [7, 11) is 0. The minimum absolute atomic E-state index is 0.675. The SMILES string of the molecule is O=Cc1ccc(/C=C\c2ccc(/C=C\c3ccc(C=O)cc3)c3ccccc23)cc1. The summed E-state index contributed by atoms with van der Waals surface area (Å²) >= 11 is 0. The summed E-state index contributed by atoms with van der Waals surface area (Å²) < 4.78 is 0. The van der Waals surface area contributed by atoms with Gasteiger partial charge < -0.3 is 0 Å². The fourth-order valence-electron chi connectivity index (χ4n) is 3.38. The van der Waals surface area contributed by atoms with E-state index in [-0.39, 0.29) is 0 Å². The van der Waals surface area contributed by atoms with Crippen molar-refractivity contribution in [2.45, 2.75) is 0 Å². The zero-order valence-corrected chi connectivity index (χ0v) is 16.4. The molecule has 0 aliphatic carbocycles. The smallest absolute Gasteiger partial charge is 0.150 e. The van der Waals surface area contributed by atoms with Gasteiger partial charge in [-0.05, 0) is 33.0 Å². The molecule has 0 saturated heterocycles. The summed E-state index contributed by atoms with van der Waals surface area (Å²) in [4.78, 5) is 21.6. The molecule has 30 heavy (non-hydrogen) atoms. The molecular formula is C28H20O2. The molecule has 0 radical (unpaired) electrons. The molecule has 0 saturated carbocycles. The van der Waals surface area contributed by atoms with Crippen LogP contribution in [0.3, 0.4) is 0 Å². The summed E-state index contributed by atoms with van der Waals surface area (Å²) in [5, 5.41) is 2.36. The Morgan fingerprint density at radius 2 is 0.767 bits per heavy atom. The van der Waals surface area contributed by atoms with Crippen LogP contribution < -0.4 is 0 Å². The Morgan fingerprint density at radius 1 is 0.400 bits per heavy atom. The molecule has 0 N–H and O–H groups in total. The fraction of sp³-hybridized carbons (Fsp3) is 0. The molecule has 0 aliphatic heterocycles. The highest BCUT2D eigenvalue weighted by molar-refractivity contribution is 5.99. The average Bonchev–Trinajstić information content (AvgIpc) is 2.82. The molecule has 4 aromatic rings. The van der Waals surface area contributed by atoms with Crippen LogP contribution in [0.5, 0.6) is 0 Å². The third-order valence-electron chi connectivity index (χ3n) is 5.05. The van der Waals surface area contributed by atoms with Crippen LogP contribution in [0, 0.1) is 0 Å². The normalized spacial score (nSPS) is 11.3. The van der Waals surface area contributed by atoms with Crippen LogP contribution in [-0.4, -0.2) is 12.6 Å². The predicted molar refractivity (Wildman–Crippen MR) is 125 cm³/mol. The molecule has 2 nitrogen and oxygen atoms in total. The van der Waals surface area contributed by atoms with E-state index in [1.54, 1.807) is 0 Å². The van der Waals surface area contributed by atoms with Crippen molar-refractivity contribution < 1.29 is 9.59 Å². The second kappa shape index (κ2) is 8.97. The van der Waals surface area contributed by atoms with Crippen LogP contribution >= 0.6 is 0 Å². The fourth-order valence-corrected chi connectivity index (χ4v) is 3.38. The lowest BCUT2D eigenvalue weighted by Crippen LogP contribution is -1.84. The van der Waals surface area contributed by atoms with E-state index in [1.807, 2.05) is 60.7 Å². The first-order chi connectivity index (χ1) is 14.8. The summed E-state index contributed by atoms with van der Waals surface area (Å²) in [6.07, 6.45) is 10.0. The third-order valence-corrected chi connectivity index (χ3v) is 5.05.